The Labute approximate surface area is 174 Å². The molecule has 3 N–H and O–H groups in total. The predicted octanol–water partition coefficient (Wildman–Crippen LogP) is 1.72. The zero-order valence-electron chi connectivity index (χ0n) is 16.4. The standard InChI is InChI=1S/C20H23FN4O4S/c1-13(30(28,29)17-7-4-15(21)5-8-17)20(27)24-16-6-9-18(23-11-16)25-10-2-3-14(12-25)19(22)26/h4-9,11,13-14H,2-3,10,12H2,1H3,(H2,22,26)(H,24,27). The molecule has 160 valence electrons. The van der Waals surface area contributed by atoms with Crippen molar-refractivity contribution in [1.82, 2.24) is 4.98 Å². The number of pyridine rings is 1. The average molecular weight is 434 g/mol. The van der Waals surface area contributed by atoms with Gasteiger partial charge in [-0.15, -0.1) is 0 Å². The zero-order valence-corrected chi connectivity index (χ0v) is 17.2. The van der Waals surface area contributed by atoms with Crippen LogP contribution in [0.4, 0.5) is 15.9 Å². The number of nitrogens with zero attached hydrogens (tertiary/aromatic N) is 2. The molecule has 1 saturated heterocycles. The number of nitrogens with one attached hydrogen (secondary N) is 1. The van der Waals surface area contributed by atoms with Crippen molar-refractivity contribution in [3.05, 3.63) is 48.4 Å². The van der Waals surface area contributed by atoms with Gasteiger partial charge >= 0.3 is 0 Å². The minimum absolute atomic E-state index is 0.130. The zero-order chi connectivity index (χ0) is 21.9. The van der Waals surface area contributed by atoms with Crippen LogP contribution in [0.25, 0.3) is 0 Å². The minimum atomic E-state index is -3.97. The van der Waals surface area contributed by atoms with Crippen LogP contribution in [0.3, 0.4) is 0 Å². The number of aromatic nitrogens is 1. The first-order valence-electron chi connectivity index (χ1n) is 9.49. The summed E-state index contributed by atoms with van der Waals surface area (Å²) in [4.78, 5) is 30.0. The minimum Gasteiger partial charge on any atom is -0.369 e. The van der Waals surface area contributed by atoms with Gasteiger partial charge in [0.05, 0.1) is 22.7 Å². The molecule has 3 rings (SSSR count). The number of anilines is 2. The number of rotatable bonds is 6. The quantitative estimate of drug-likeness (QED) is 0.668. The van der Waals surface area contributed by atoms with E-state index in [0.717, 1.165) is 43.7 Å². The van der Waals surface area contributed by atoms with E-state index in [1.54, 1.807) is 12.1 Å². The molecular formula is C20H23FN4O4S. The third-order valence-corrected chi connectivity index (χ3v) is 7.21. The Balaban J connectivity index is 1.66. The van der Waals surface area contributed by atoms with Gasteiger partial charge in [0, 0.05) is 13.1 Å². The monoisotopic (exact) mass is 434 g/mol. The van der Waals surface area contributed by atoms with Crippen molar-refractivity contribution >= 4 is 33.2 Å². The van der Waals surface area contributed by atoms with Gasteiger partial charge in [0.15, 0.2) is 9.84 Å². The van der Waals surface area contributed by atoms with E-state index in [-0.39, 0.29) is 16.7 Å². The highest BCUT2D eigenvalue weighted by molar-refractivity contribution is 7.92. The molecule has 0 bridgehead atoms. The van der Waals surface area contributed by atoms with Crippen LogP contribution in [-0.4, -0.2) is 43.6 Å². The molecule has 0 saturated carbocycles. The van der Waals surface area contributed by atoms with E-state index < -0.39 is 26.8 Å². The van der Waals surface area contributed by atoms with Crippen molar-refractivity contribution in [3.8, 4) is 0 Å². The van der Waals surface area contributed by atoms with Crippen molar-refractivity contribution < 1.29 is 22.4 Å². The number of benzene rings is 1. The highest BCUT2D eigenvalue weighted by Crippen LogP contribution is 2.23. The van der Waals surface area contributed by atoms with Crippen molar-refractivity contribution in [3.63, 3.8) is 0 Å². The fourth-order valence-corrected chi connectivity index (χ4v) is 4.54. The number of carbonyl (C=O) groups excluding carboxylic acids is 2. The second-order valence-electron chi connectivity index (χ2n) is 7.22. The molecule has 2 amide bonds. The van der Waals surface area contributed by atoms with Crippen LogP contribution < -0.4 is 16.0 Å². The molecule has 1 aromatic heterocycles. The van der Waals surface area contributed by atoms with E-state index >= 15 is 0 Å². The summed E-state index contributed by atoms with van der Waals surface area (Å²) in [6.45, 7) is 2.50. The molecule has 2 heterocycles. The first-order valence-corrected chi connectivity index (χ1v) is 11.0. The summed E-state index contributed by atoms with van der Waals surface area (Å²) in [6.07, 6.45) is 3.01. The molecule has 0 radical (unpaired) electrons. The molecule has 1 aliphatic heterocycles. The molecular weight excluding hydrogens is 411 g/mol. The third-order valence-electron chi connectivity index (χ3n) is 5.14. The van der Waals surface area contributed by atoms with E-state index in [9.17, 15) is 22.4 Å². The van der Waals surface area contributed by atoms with Crippen molar-refractivity contribution in [2.75, 3.05) is 23.3 Å². The van der Waals surface area contributed by atoms with Gasteiger partial charge in [0.2, 0.25) is 11.8 Å². The lowest BCUT2D eigenvalue weighted by atomic mass is 9.97. The number of piperidine rings is 1. The van der Waals surface area contributed by atoms with Crippen LogP contribution in [-0.2, 0) is 19.4 Å². The predicted molar refractivity (Wildman–Crippen MR) is 110 cm³/mol. The smallest absolute Gasteiger partial charge is 0.242 e. The van der Waals surface area contributed by atoms with Crippen LogP contribution in [0.1, 0.15) is 19.8 Å². The van der Waals surface area contributed by atoms with Crippen LogP contribution in [0, 0.1) is 11.7 Å². The number of hydrogen-bond donors (Lipinski definition) is 2. The van der Waals surface area contributed by atoms with Crippen molar-refractivity contribution in [2.24, 2.45) is 11.7 Å². The van der Waals surface area contributed by atoms with E-state index in [1.807, 2.05) is 4.90 Å². The molecule has 2 atom stereocenters. The van der Waals surface area contributed by atoms with E-state index in [4.69, 9.17) is 5.73 Å². The Morgan fingerprint density at radius 2 is 1.93 bits per heavy atom. The summed E-state index contributed by atoms with van der Waals surface area (Å²) in [5.41, 5.74) is 5.74. The summed E-state index contributed by atoms with van der Waals surface area (Å²) in [7, 11) is -3.97. The van der Waals surface area contributed by atoms with Crippen LogP contribution >= 0.6 is 0 Å². The maximum Gasteiger partial charge on any atom is 0.242 e. The first kappa shape index (κ1) is 21.7. The molecule has 0 aliphatic carbocycles. The second-order valence-corrected chi connectivity index (χ2v) is 9.49. The fourth-order valence-electron chi connectivity index (χ4n) is 3.28. The summed E-state index contributed by atoms with van der Waals surface area (Å²) >= 11 is 0. The average Bonchev–Trinajstić information content (AvgIpc) is 2.74. The molecule has 10 heteroatoms. The number of hydrogen-bond acceptors (Lipinski definition) is 6. The Morgan fingerprint density at radius 1 is 1.23 bits per heavy atom. The van der Waals surface area contributed by atoms with Crippen LogP contribution in [0.2, 0.25) is 0 Å². The third kappa shape index (κ3) is 4.76. The number of amides is 2. The summed E-state index contributed by atoms with van der Waals surface area (Å²) in [5, 5.41) is 1.16. The normalized spacial score (nSPS) is 17.9. The Kier molecular flexibility index (Phi) is 6.35. The van der Waals surface area contributed by atoms with E-state index in [1.165, 1.54) is 13.1 Å². The maximum absolute atomic E-state index is 13.0. The molecule has 1 aromatic carbocycles. The van der Waals surface area contributed by atoms with Gasteiger partial charge in [-0.1, -0.05) is 0 Å². The lowest BCUT2D eigenvalue weighted by molar-refractivity contribution is -0.122. The maximum atomic E-state index is 13.0. The lowest BCUT2D eigenvalue weighted by Gasteiger charge is -2.32. The van der Waals surface area contributed by atoms with Crippen LogP contribution in [0.15, 0.2) is 47.5 Å². The highest BCUT2D eigenvalue weighted by atomic mass is 32.2. The molecule has 2 unspecified atom stereocenters. The first-order chi connectivity index (χ1) is 14.2. The largest absolute Gasteiger partial charge is 0.369 e. The Bertz CT molecular complexity index is 1030. The van der Waals surface area contributed by atoms with Crippen molar-refractivity contribution in [1.29, 1.82) is 0 Å². The van der Waals surface area contributed by atoms with Gasteiger partial charge in [-0.3, -0.25) is 9.59 Å². The second kappa shape index (κ2) is 8.78. The number of sulfone groups is 1. The highest BCUT2D eigenvalue weighted by Gasteiger charge is 2.30. The van der Waals surface area contributed by atoms with Gasteiger partial charge < -0.3 is 16.0 Å². The molecule has 1 fully saturated rings. The van der Waals surface area contributed by atoms with Gasteiger partial charge in [-0.2, -0.15) is 0 Å². The molecule has 1 aliphatic rings. The number of primary amides is 1. The lowest BCUT2D eigenvalue weighted by Crippen LogP contribution is -2.41. The molecule has 0 spiro atoms. The number of halogens is 1. The number of nitrogens with two attached hydrogens (primary N) is 1. The summed E-state index contributed by atoms with van der Waals surface area (Å²) < 4.78 is 38.2. The van der Waals surface area contributed by atoms with E-state index in [0.29, 0.717) is 18.1 Å². The summed E-state index contributed by atoms with van der Waals surface area (Å²) in [6, 6.07) is 7.63. The molecule has 2 aromatic rings. The van der Waals surface area contributed by atoms with Gasteiger partial charge in [0.1, 0.15) is 16.9 Å². The topological polar surface area (TPSA) is 122 Å². The van der Waals surface area contributed by atoms with Crippen LogP contribution in [0.5, 0.6) is 0 Å². The fraction of sp³-hybridized carbons (Fsp3) is 0.350. The Morgan fingerprint density at radius 3 is 2.53 bits per heavy atom. The molecule has 8 nitrogen and oxygen atoms in total. The molecule has 30 heavy (non-hydrogen) atoms. The summed E-state index contributed by atoms with van der Waals surface area (Å²) in [5.74, 6) is -1.20. The van der Waals surface area contributed by atoms with Gasteiger partial charge in [-0.25, -0.2) is 17.8 Å². The Hall–Kier alpha value is -3.01. The van der Waals surface area contributed by atoms with Gasteiger partial charge in [0.25, 0.3) is 0 Å². The number of carbonyl (C=O) groups is 2. The van der Waals surface area contributed by atoms with E-state index in [2.05, 4.69) is 10.3 Å². The SMILES string of the molecule is CC(C(=O)Nc1ccc(N2CCCC(C(N)=O)C2)nc1)S(=O)(=O)c1ccc(F)cc1. The van der Waals surface area contributed by atoms with Crippen molar-refractivity contribution in [2.45, 2.75) is 29.9 Å². The van der Waals surface area contributed by atoms with Gasteiger partial charge in [-0.05, 0) is 56.2 Å².